The number of carbonyl (C=O) groups is 2. The average molecular weight is 623 g/mol. The summed E-state index contributed by atoms with van der Waals surface area (Å²) in [4.78, 5) is 30.2. The SMILES string of the molecule is COc1ccc(CC(=O)O)cc1OCCCN1C(=O)C(=Cc2cccc(-c3cc(C(F)(F)F)ccc3Cl)n2)SC1=S. The molecule has 0 saturated carbocycles. The van der Waals surface area contributed by atoms with E-state index in [9.17, 15) is 22.8 Å². The van der Waals surface area contributed by atoms with Gasteiger partial charge in [0.2, 0.25) is 0 Å². The van der Waals surface area contributed by atoms with Gasteiger partial charge in [0.1, 0.15) is 4.32 Å². The molecule has 0 spiro atoms. The number of halogens is 4. The van der Waals surface area contributed by atoms with Gasteiger partial charge in [0.05, 0.1) is 42.0 Å². The van der Waals surface area contributed by atoms with E-state index in [-0.39, 0.29) is 41.8 Å². The summed E-state index contributed by atoms with van der Waals surface area (Å²) in [5, 5.41) is 9.14. The summed E-state index contributed by atoms with van der Waals surface area (Å²) in [7, 11) is 1.48. The summed E-state index contributed by atoms with van der Waals surface area (Å²) in [5.74, 6) is -0.451. The smallest absolute Gasteiger partial charge is 0.416 e. The van der Waals surface area contributed by atoms with Crippen LogP contribution in [0.25, 0.3) is 17.3 Å². The second kappa shape index (κ2) is 12.9. The highest BCUT2D eigenvalue weighted by molar-refractivity contribution is 8.26. The van der Waals surface area contributed by atoms with Gasteiger partial charge in [-0.05, 0) is 60.5 Å². The van der Waals surface area contributed by atoms with E-state index in [1.807, 2.05) is 0 Å². The molecule has 1 fully saturated rings. The quantitative estimate of drug-likeness (QED) is 0.151. The van der Waals surface area contributed by atoms with E-state index in [4.69, 9.17) is 38.4 Å². The molecule has 0 aliphatic carbocycles. The zero-order chi connectivity index (χ0) is 29.7. The molecule has 41 heavy (non-hydrogen) atoms. The number of thioether (sulfide) groups is 1. The standard InChI is InChI=1S/C28H22ClF3N2O5S2/c1-38-22-9-6-16(13-25(35)36)12-23(22)39-11-3-10-34-26(37)24(41-27(34)40)15-18-4-2-5-21(33-18)19-14-17(28(30,31)32)7-8-20(19)29/h2,4-9,12,14-15H,3,10-11,13H2,1H3,(H,35,36). The van der Waals surface area contributed by atoms with Gasteiger partial charge < -0.3 is 14.6 Å². The number of aliphatic carboxylic acids is 1. The first-order chi connectivity index (χ1) is 19.5. The minimum atomic E-state index is -4.54. The maximum atomic E-state index is 13.2. The zero-order valence-electron chi connectivity index (χ0n) is 21.4. The molecule has 2 heterocycles. The minimum absolute atomic E-state index is 0.113. The van der Waals surface area contributed by atoms with Gasteiger partial charge in [-0.25, -0.2) is 4.98 Å². The molecule has 1 saturated heterocycles. The van der Waals surface area contributed by atoms with E-state index in [2.05, 4.69) is 4.98 Å². The molecule has 0 radical (unpaired) electrons. The van der Waals surface area contributed by atoms with E-state index < -0.39 is 17.7 Å². The number of methoxy groups -OCH3 is 1. The predicted molar refractivity (Wildman–Crippen MR) is 154 cm³/mol. The van der Waals surface area contributed by atoms with Gasteiger partial charge >= 0.3 is 12.1 Å². The van der Waals surface area contributed by atoms with Crippen molar-refractivity contribution in [3.05, 3.63) is 81.3 Å². The van der Waals surface area contributed by atoms with Crippen LogP contribution in [0.4, 0.5) is 13.2 Å². The van der Waals surface area contributed by atoms with Crippen molar-refractivity contribution in [2.45, 2.75) is 19.0 Å². The molecule has 0 atom stereocenters. The predicted octanol–water partition coefficient (Wildman–Crippen LogP) is 6.73. The third-order valence-corrected chi connectivity index (χ3v) is 7.57. The molecular formula is C28H22ClF3N2O5S2. The topological polar surface area (TPSA) is 89.0 Å². The number of aromatic nitrogens is 1. The number of hydrogen-bond acceptors (Lipinski definition) is 7. The fraction of sp³-hybridized carbons (Fsp3) is 0.214. The Balaban J connectivity index is 1.42. The third kappa shape index (κ3) is 7.57. The van der Waals surface area contributed by atoms with Gasteiger partial charge in [-0.3, -0.25) is 14.5 Å². The lowest BCUT2D eigenvalue weighted by Gasteiger charge is -2.16. The number of rotatable bonds is 10. The van der Waals surface area contributed by atoms with Crippen molar-refractivity contribution in [3.63, 3.8) is 0 Å². The van der Waals surface area contributed by atoms with Crippen molar-refractivity contribution in [2.24, 2.45) is 0 Å². The summed E-state index contributed by atoms with van der Waals surface area (Å²) in [6.07, 6.45) is -2.74. The molecule has 1 aliphatic heterocycles. The molecule has 0 unspecified atom stereocenters. The number of carboxylic acids is 1. The first-order valence-electron chi connectivity index (χ1n) is 12.1. The fourth-order valence-corrected chi connectivity index (χ4v) is 5.44. The van der Waals surface area contributed by atoms with E-state index >= 15 is 0 Å². The Morgan fingerprint density at radius 2 is 1.95 bits per heavy atom. The van der Waals surface area contributed by atoms with Crippen LogP contribution in [0, 0.1) is 0 Å². The molecule has 214 valence electrons. The highest BCUT2D eigenvalue weighted by atomic mass is 35.5. The lowest BCUT2D eigenvalue weighted by molar-refractivity contribution is -0.138. The Bertz CT molecular complexity index is 1530. The van der Waals surface area contributed by atoms with Gasteiger partial charge in [0.25, 0.3) is 5.91 Å². The Kier molecular flexibility index (Phi) is 9.57. The van der Waals surface area contributed by atoms with Crippen LogP contribution in [0.1, 0.15) is 23.2 Å². The van der Waals surface area contributed by atoms with Crippen molar-refractivity contribution in [1.82, 2.24) is 9.88 Å². The number of carboxylic acid groups (broad SMARTS) is 1. The molecule has 7 nitrogen and oxygen atoms in total. The summed E-state index contributed by atoms with van der Waals surface area (Å²) in [5.41, 5.74) is 0.414. The van der Waals surface area contributed by atoms with Crippen LogP contribution in [-0.2, 0) is 22.2 Å². The number of thiocarbonyl (C=S) groups is 1. The first-order valence-corrected chi connectivity index (χ1v) is 13.7. The molecule has 0 bridgehead atoms. The normalized spacial score (nSPS) is 14.6. The Hall–Kier alpha value is -3.61. The summed E-state index contributed by atoms with van der Waals surface area (Å²) >= 11 is 12.6. The van der Waals surface area contributed by atoms with Crippen molar-refractivity contribution in [3.8, 4) is 22.8 Å². The molecule has 3 aromatic rings. The van der Waals surface area contributed by atoms with Crippen molar-refractivity contribution >= 4 is 57.9 Å². The highest BCUT2D eigenvalue weighted by Crippen LogP contribution is 2.36. The van der Waals surface area contributed by atoms with E-state index in [0.29, 0.717) is 38.4 Å². The third-order valence-electron chi connectivity index (χ3n) is 5.86. The number of benzene rings is 2. The molecule has 1 aromatic heterocycles. The van der Waals surface area contributed by atoms with Gasteiger partial charge in [-0.1, -0.05) is 47.7 Å². The molecule has 4 rings (SSSR count). The number of pyridine rings is 1. The van der Waals surface area contributed by atoms with Gasteiger partial charge in [-0.2, -0.15) is 13.2 Å². The largest absolute Gasteiger partial charge is 0.493 e. The van der Waals surface area contributed by atoms with Crippen molar-refractivity contribution in [2.75, 3.05) is 20.3 Å². The Morgan fingerprint density at radius 1 is 1.17 bits per heavy atom. The van der Waals surface area contributed by atoms with Crippen LogP contribution >= 0.6 is 35.6 Å². The van der Waals surface area contributed by atoms with E-state index in [1.165, 1.54) is 30.2 Å². The number of amides is 1. The summed E-state index contributed by atoms with van der Waals surface area (Å²) in [6, 6.07) is 12.7. The number of alkyl halides is 3. The summed E-state index contributed by atoms with van der Waals surface area (Å²) in [6.45, 7) is 0.483. The average Bonchev–Trinajstić information content (AvgIpc) is 3.17. The molecule has 1 amide bonds. The van der Waals surface area contributed by atoms with E-state index in [1.54, 1.807) is 30.3 Å². The van der Waals surface area contributed by atoms with Crippen LogP contribution in [0.2, 0.25) is 5.02 Å². The van der Waals surface area contributed by atoms with E-state index in [0.717, 1.165) is 23.9 Å². The highest BCUT2D eigenvalue weighted by Gasteiger charge is 2.32. The zero-order valence-corrected chi connectivity index (χ0v) is 23.8. The lowest BCUT2D eigenvalue weighted by Crippen LogP contribution is -2.30. The molecule has 2 aromatic carbocycles. The summed E-state index contributed by atoms with van der Waals surface area (Å²) < 4.78 is 51.0. The maximum absolute atomic E-state index is 13.2. The minimum Gasteiger partial charge on any atom is -0.493 e. The Morgan fingerprint density at radius 3 is 2.66 bits per heavy atom. The number of hydrogen-bond donors (Lipinski definition) is 1. The Labute approximate surface area is 247 Å². The van der Waals surface area contributed by atoms with Gasteiger partial charge in [0, 0.05) is 17.1 Å². The maximum Gasteiger partial charge on any atom is 0.416 e. The van der Waals surface area contributed by atoms with Crippen LogP contribution in [0.15, 0.2) is 59.5 Å². The molecule has 13 heteroatoms. The van der Waals surface area contributed by atoms with Crippen molar-refractivity contribution in [1.29, 1.82) is 0 Å². The molecule has 1 aliphatic rings. The van der Waals surface area contributed by atoms with Crippen LogP contribution in [-0.4, -0.2) is 51.4 Å². The van der Waals surface area contributed by atoms with Gasteiger partial charge in [-0.15, -0.1) is 0 Å². The number of carbonyl (C=O) groups excluding carboxylic acids is 1. The number of ether oxygens (including phenoxy) is 2. The molecular weight excluding hydrogens is 601 g/mol. The molecule has 1 N–H and O–H groups in total. The van der Waals surface area contributed by atoms with Crippen molar-refractivity contribution < 1.29 is 37.3 Å². The first kappa shape index (κ1) is 30.4. The van der Waals surface area contributed by atoms with Crippen LogP contribution in [0.5, 0.6) is 11.5 Å². The lowest BCUT2D eigenvalue weighted by atomic mass is 10.1. The monoisotopic (exact) mass is 622 g/mol. The van der Waals surface area contributed by atoms with Crippen LogP contribution in [0.3, 0.4) is 0 Å². The van der Waals surface area contributed by atoms with Crippen LogP contribution < -0.4 is 9.47 Å². The number of nitrogens with zero attached hydrogens (tertiary/aromatic N) is 2. The fourth-order valence-electron chi connectivity index (χ4n) is 3.93. The van der Waals surface area contributed by atoms with Gasteiger partial charge in [0.15, 0.2) is 11.5 Å². The second-order valence-corrected chi connectivity index (χ2v) is 10.8. The second-order valence-electron chi connectivity index (χ2n) is 8.73.